The van der Waals surface area contributed by atoms with Gasteiger partial charge in [0, 0.05) is 36.0 Å². The summed E-state index contributed by atoms with van der Waals surface area (Å²) >= 11 is 0. The fourth-order valence-corrected chi connectivity index (χ4v) is 3.95. The van der Waals surface area contributed by atoms with Gasteiger partial charge in [0.25, 0.3) is 0 Å². The number of carbonyl (C=O) groups is 2. The van der Waals surface area contributed by atoms with E-state index in [1.807, 2.05) is 31.7 Å². The molecular weight excluding hydrogens is 304 g/mol. The molecule has 2 bridgehead atoms. The maximum atomic E-state index is 12.8. The minimum absolute atomic E-state index is 0.0248. The van der Waals surface area contributed by atoms with E-state index in [-0.39, 0.29) is 29.9 Å². The second-order valence-corrected chi connectivity index (χ2v) is 7.90. The summed E-state index contributed by atoms with van der Waals surface area (Å²) in [5.74, 6) is 0.132. The van der Waals surface area contributed by atoms with E-state index in [1.165, 1.54) is 0 Å². The molecule has 0 aliphatic carbocycles. The zero-order chi connectivity index (χ0) is 17.3. The van der Waals surface area contributed by atoms with Gasteiger partial charge >= 0.3 is 6.09 Å². The van der Waals surface area contributed by atoms with Gasteiger partial charge in [-0.3, -0.25) is 9.78 Å². The quantitative estimate of drug-likeness (QED) is 0.773. The minimum atomic E-state index is -0.492. The number of Topliss-reactive ketones (excluding diaryl/α,β-unsaturated/α-hetero) is 1. The number of ketones is 1. The summed E-state index contributed by atoms with van der Waals surface area (Å²) in [4.78, 5) is 31.3. The van der Waals surface area contributed by atoms with Crippen LogP contribution in [0.5, 0.6) is 0 Å². The highest BCUT2D eigenvalue weighted by Gasteiger charge is 2.44. The summed E-state index contributed by atoms with van der Waals surface area (Å²) in [6.07, 6.45) is 7.55. The molecule has 2 fully saturated rings. The molecule has 2 aliphatic rings. The molecule has 2 aliphatic heterocycles. The van der Waals surface area contributed by atoms with Crippen LogP contribution in [0.4, 0.5) is 4.79 Å². The average Bonchev–Trinajstić information content (AvgIpc) is 2.52. The first-order valence-electron chi connectivity index (χ1n) is 8.81. The maximum Gasteiger partial charge on any atom is 0.410 e. The predicted octanol–water partition coefficient (Wildman–Crippen LogP) is 3.83. The third-order valence-electron chi connectivity index (χ3n) is 4.90. The Morgan fingerprint density at radius 1 is 1.21 bits per heavy atom. The van der Waals surface area contributed by atoms with Crippen LogP contribution in [0.1, 0.15) is 63.2 Å². The molecule has 24 heavy (non-hydrogen) atoms. The van der Waals surface area contributed by atoms with Gasteiger partial charge in [0.2, 0.25) is 0 Å². The third-order valence-corrected chi connectivity index (χ3v) is 4.90. The number of amides is 1. The number of piperidine rings is 2. The van der Waals surface area contributed by atoms with Crippen molar-refractivity contribution in [3.8, 4) is 0 Å². The number of carbonyl (C=O) groups excluding carboxylic acids is 2. The van der Waals surface area contributed by atoms with Crippen LogP contribution in [-0.2, 0) is 4.74 Å². The second kappa shape index (κ2) is 6.54. The van der Waals surface area contributed by atoms with Gasteiger partial charge in [-0.25, -0.2) is 4.79 Å². The van der Waals surface area contributed by atoms with E-state index in [0.717, 1.165) is 32.1 Å². The SMILES string of the molecule is CC(C)(C)OC(=O)N1C2CCCC1CC(C(=O)c1cccnc1)C2. The number of pyridine rings is 1. The van der Waals surface area contributed by atoms with E-state index in [0.29, 0.717) is 5.56 Å². The molecule has 1 aromatic heterocycles. The topological polar surface area (TPSA) is 59.5 Å². The molecule has 2 saturated heterocycles. The number of ether oxygens (including phenoxy) is 1. The lowest BCUT2D eigenvalue weighted by Gasteiger charge is -2.48. The maximum absolute atomic E-state index is 12.8. The monoisotopic (exact) mass is 330 g/mol. The Morgan fingerprint density at radius 3 is 2.42 bits per heavy atom. The van der Waals surface area contributed by atoms with Crippen LogP contribution in [-0.4, -0.2) is 39.4 Å². The summed E-state index contributed by atoms with van der Waals surface area (Å²) in [5, 5.41) is 0. The van der Waals surface area contributed by atoms with Crippen molar-refractivity contribution < 1.29 is 14.3 Å². The predicted molar refractivity (Wildman–Crippen MR) is 90.8 cm³/mol. The Balaban J connectivity index is 1.74. The first-order chi connectivity index (χ1) is 11.3. The number of hydrogen-bond acceptors (Lipinski definition) is 4. The first-order valence-corrected chi connectivity index (χ1v) is 8.81. The van der Waals surface area contributed by atoms with Crippen LogP contribution in [0.15, 0.2) is 24.5 Å². The van der Waals surface area contributed by atoms with Gasteiger partial charge in [-0.05, 0) is 65.0 Å². The molecule has 0 N–H and O–H groups in total. The van der Waals surface area contributed by atoms with Crippen LogP contribution in [0.3, 0.4) is 0 Å². The molecule has 0 spiro atoms. The molecule has 0 saturated carbocycles. The van der Waals surface area contributed by atoms with Crippen LogP contribution < -0.4 is 0 Å². The molecule has 0 radical (unpaired) electrons. The third kappa shape index (κ3) is 3.60. The Kier molecular flexibility index (Phi) is 4.61. The molecule has 5 heteroatoms. The van der Waals surface area contributed by atoms with E-state index in [1.54, 1.807) is 18.5 Å². The van der Waals surface area contributed by atoms with Gasteiger partial charge in [-0.2, -0.15) is 0 Å². The molecule has 3 rings (SSSR count). The van der Waals surface area contributed by atoms with Crippen molar-refractivity contribution >= 4 is 11.9 Å². The van der Waals surface area contributed by atoms with Crippen LogP contribution in [0, 0.1) is 5.92 Å². The fraction of sp³-hybridized carbons (Fsp3) is 0.632. The zero-order valence-corrected chi connectivity index (χ0v) is 14.7. The highest BCUT2D eigenvalue weighted by Crippen LogP contribution is 2.39. The number of nitrogens with zero attached hydrogens (tertiary/aromatic N) is 2. The van der Waals surface area contributed by atoms with Crippen LogP contribution in [0.2, 0.25) is 0 Å². The lowest BCUT2D eigenvalue weighted by molar-refractivity contribution is -0.0260. The smallest absolute Gasteiger partial charge is 0.410 e. The highest BCUT2D eigenvalue weighted by molar-refractivity contribution is 5.97. The van der Waals surface area contributed by atoms with Crippen molar-refractivity contribution in [1.82, 2.24) is 9.88 Å². The van der Waals surface area contributed by atoms with Gasteiger partial charge in [-0.15, -0.1) is 0 Å². The summed E-state index contributed by atoms with van der Waals surface area (Å²) in [6, 6.07) is 3.84. The van der Waals surface area contributed by atoms with Gasteiger partial charge in [-0.1, -0.05) is 0 Å². The van der Waals surface area contributed by atoms with E-state index in [4.69, 9.17) is 4.74 Å². The molecule has 3 heterocycles. The number of fused-ring (bicyclic) bond motifs is 2. The van der Waals surface area contributed by atoms with E-state index < -0.39 is 5.60 Å². The Hall–Kier alpha value is -1.91. The molecule has 5 nitrogen and oxygen atoms in total. The van der Waals surface area contributed by atoms with Crippen molar-refractivity contribution in [2.45, 2.75) is 70.6 Å². The standard InChI is InChI=1S/C19H26N2O3/c1-19(2,3)24-18(23)21-15-7-4-8-16(21)11-14(10-15)17(22)13-6-5-9-20-12-13/h5-6,9,12,14-16H,4,7-8,10-11H2,1-3H3. The van der Waals surface area contributed by atoms with Crippen LogP contribution in [0.25, 0.3) is 0 Å². The van der Waals surface area contributed by atoms with Crippen molar-refractivity contribution in [3.63, 3.8) is 0 Å². The normalized spacial score (nSPS) is 26.8. The molecule has 2 atom stereocenters. The molecule has 2 unspecified atom stereocenters. The van der Waals surface area contributed by atoms with E-state index in [9.17, 15) is 9.59 Å². The fourth-order valence-electron chi connectivity index (χ4n) is 3.95. The van der Waals surface area contributed by atoms with Crippen molar-refractivity contribution in [1.29, 1.82) is 0 Å². The van der Waals surface area contributed by atoms with Crippen LogP contribution >= 0.6 is 0 Å². The van der Waals surface area contributed by atoms with E-state index in [2.05, 4.69) is 4.98 Å². The lowest BCUT2D eigenvalue weighted by atomic mass is 9.76. The Morgan fingerprint density at radius 2 is 1.88 bits per heavy atom. The van der Waals surface area contributed by atoms with Gasteiger partial charge in [0.05, 0.1) is 0 Å². The highest BCUT2D eigenvalue weighted by atomic mass is 16.6. The molecule has 0 aromatic carbocycles. The van der Waals surface area contributed by atoms with Gasteiger partial charge < -0.3 is 9.64 Å². The lowest BCUT2D eigenvalue weighted by Crippen LogP contribution is -2.56. The number of aromatic nitrogens is 1. The number of hydrogen-bond donors (Lipinski definition) is 0. The second-order valence-electron chi connectivity index (χ2n) is 7.90. The average molecular weight is 330 g/mol. The summed E-state index contributed by atoms with van der Waals surface area (Å²) in [7, 11) is 0. The Labute approximate surface area is 143 Å². The van der Waals surface area contributed by atoms with E-state index >= 15 is 0 Å². The summed E-state index contributed by atoms with van der Waals surface area (Å²) in [6.45, 7) is 5.66. The minimum Gasteiger partial charge on any atom is -0.444 e. The van der Waals surface area contributed by atoms with Crippen molar-refractivity contribution in [2.75, 3.05) is 0 Å². The summed E-state index contributed by atoms with van der Waals surface area (Å²) in [5.41, 5.74) is 0.180. The Bertz CT molecular complexity index is 595. The molecule has 1 amide bonds. The largest absolute Gasteiger partial charge is 0.444 e. The van der Waals surface area contributed by atoms with Gasteiger partial charge in [0.15, 0.2) is 5.78 Å². The van der Waals surface area contributed by atoms with Crippen molar-refractivity contribution in [2.24, 2.45) is 5.92 Å². The summed E-state index contributed by atoms with van der Waals surface area (Å²) < 4.78 is 5.59. The molecule has 130 valence electrons. The number of rotatable bonds is 2. The zero-order valence-electron chi connectivity index (χ0n) is 14.7. The first kappa shape index (κ1) is 16.9. The van der Waals surface area contributed by atoms with Crippen molar-refractivity contribution in [3.05, 3.63) is 30.1 Å². The molecule has 1 aromatic rings. The van der Waals surface area contributed by atoms with Gasteiger partial charge in [0.1, 0.15) is 5.60 Å². The molecular formula is C19H26N2O3.